The number of ether oxygens (including phenoxy) is 1. The summed E-state index contributed by atoms with van der Waals surface area (Å²) in [6.45, 7) is 5.92. The molecule has 214 valence electrons. The van der Waals surface area contributed by atoms with Gasteiger partial charge in [0.15, 0.2) is 0 Å². The minimum Gasteiger partial charge on any atom is -0.494 e. The molecular formula is C31H39N3O5S. The van der Waals surface area contributed by atoms with E-state index in [0.29, 0.717) is 18.0 Å². The minimum atomic E-state index is -3.83. The van der Waals surface area contributed by atoms with Crippen LogP contribution < -0.4 is 14.4 Å². The number of hydrogen-bond acceptors (Lipinski definition) is 5. The number of carbonyl (C=O) groups excluding carboxylic acids is 2. The normalized spacial score (nSPS) is 12.7. The lowest BCUT2D eigenvalue weighted by atomic mass is 10.0. The minimum absolute atomic E-state index is 0.0872. The summed E-state index contributed by atoms with van der Waals surface area (Å²) in [4.78, 5) is 29.2. The summed E-state index contributed by atoms with van der Waals surface area (Å²) in [7, 11) is -3.83. The number of rotatable bonds is 14. The standard InChI is InChI=1S/C31H39N3O5S/c1-5-24(3)32-31(36)29(21-25-13-9-7-10-14-25)33(22-26-15-11-8-12-16-26)30(35)23-34(40(4,37)38)27-17-19-28(20-18-27)39-6-2/h7-20,24,29H,5-6,21-23H2,1-4H3,(H,32,36)/t24-,29-/m1/s1. The van der Waals surface area contributed by atoms with E-state index in [4.69, 9.17) is 4.74 Å². The maximum atomic E-state index is 14.1. The molecule has 0 aromatic heterocycles. The molecule has 40 heavy (non-hydrogen) atoms. The molecule has 8 nitrogen and oxygen atoms in total. The van der Waals surface area contributed by atoms with Crippen molar-refractivity contribution in [2.24, 2.45) is 0 Å². The highest BCUT2D eigenvalue weighted by Gasteiger charge is 2.33. The highest BCUT2D eigenvalue weighted by atomic mass is 32.2. The molecule has 0 unspecified atom stereocenters. The van der Waals surface area contributed by atoms with Crippen LogP contribution in [0.25, 0.3) is 0 Å². The zero-order chi connectivity index (χ0) is 29.1. The number of anilines is 1. The largest absolute Gasteiger partial charge is 0.494 e. The molecule has 0 heterocycles. The van der Waals surface area contributed by atoms with Gasteiger partial charge in [-0.2, -0.15) is 0 Å². The molecule has 3 rings (SSSR count). The maximum Gasteiger partial charge on any atom is 0.244 e. The fraction of sp³-hybridized carbons (Fsp3) is 0.355. The van der Waals surface area contributed by atoms with Crippen LogP contribution in [0.2, 0.25) is 0 Å². The van der Waals surface area contributed by atoms with E-state index in [-0.39, 0.29) is 24.9 Å². The van der Waals surface area contributed by atoms with Gasteiger partial charge >= 0.3 is 0 Å². The van der Waals surface area contributed by atoms with Crippen molar-refractivity contribution in [1.82, 2.24) is 10.2 Å². The molecule has 3 aromatic rings. The lowest BCUT2D eigenvalue weighted by Crippen LogP contribution is -2.54. The van der Waals surface area contributed by atoms with Gasteiger partial charge in [-0.3, -0.25) is 13.9 Å². The molecule has 9 heteroatoms. The van der Waals surface area contributed by atoms with Crippen LogP contribution in [0, 0.1) is 0 Å². The van der Waals surface area contributed by atoms with Crippen LogP contribution in [-0.4, -0.2) is 56.6 Å². The lowest BCUT2D eigenvalue weighted by Gasteiger charge is -2.34. The topological polar surface area (TPSA) is 96.0 Å². The molecule has 3 aromatic carbocycles. The summed E-state index contributed by atoms with van der Waals surface area (Å²) >= 11 is 0. The van der Waals surface area contributed by atoms with Crippen molar-refractivity contribution in [2.75, 3.05) is 23.7 Å². The summed E-state index contributed by atoms with van der Waals surface area (Å²) < 4.78 is 32.3. The van der Waals surface area contributed by atoms with Crippen molar-refractivity contribution in [3.63, 3.8) is 0 Å². The van der Waals surface area contributed by atoms with Crippen molar-refractivity contribution < 1.29 is 22.7 Å². The van der Waals surface area contributed by atoms with E-state index in [0.717, 1.165) is 28.1 Å². The second-order valence-electron chi connectivity index (χ2n) is 9.73. The molecule has 0 aliphatic carbocycles. The number of nitrogens with zero attached hydrogens (tertiary/aromatic N) is 2. The van der Waals surface area contributed by atoms with Crippen LogP contribution in [0.4, 0.5) is 5.69 Å². The molecule has 0 aliphatic heterocycles. The average Bonchev–Trinajstić information content (AvgIpc) is 2.94. The van der Waals surface area contributed by atoms with Crippen molar-refractivity contribution in [3.8, 4) is 5.75 Å². The lowest BCUT2D eigenvalue weighted by molar-refractivity contribution is -0.140. The van der Waals surface area contributed by atoms with Gasteiger partial charge in [-0.05, 0) is 55.7 Å². The van der Waals surface area contributed by atoms with E-state index >= 15 is 0 Å². The summed E-state index contributed by atoms with van der Waals surface area (Å²) in [6.07, 6.45) is 2.08. The van der Waals surface area contributed by atoms with Crippen LogP contribution in [0.1, 0.15) is 38.3 Å². The molecule has 0 saturated heterocycles. The fourth-order valence-corrected chi connectivity index (χ4v) is 5.11. The van der Waals surface area contributed by atoms with Crippen LogP contribution in [0.5, 0.6) is 5.75 Å². The van der Waals surface area contributed by atoms with E-state index in [1.165, 1.54) is 4.90 Å². The molecule has 0 spiro atoms. The van der Waals surface area contributed by atoms with Crippen molar-refractivity contribution in [2.45, 2.75) is 52.2 Å². The number of hydrogen-bond donors (Lipinski definition) is 1. The first-order valence-corrected chi connectivity index (χ1v) is 15.4. The van der Waals surface area contributed by atoms with Gasteiger partial charge in [0.25, 0.3) is 0 Å². The van der Waals surface area contributed by atoms with E-state index < -0.39 is 28.5 Å². The SMILES string of the molecule is CCOc1ccc(N(CC(=O)N(Cc2ccccc2)[C@H](Cc2ccccc2)C(=O)N[C@H](C)CC)S(C)(=O)=O)cc1. The van der Waals surface area contributed by atoms with Gasteiger partial charge < -0.3 is 15.0 Å². The first kappa shape index (κ1) is 30.7. The zero-order valence-corrected chi connectivity index (χ0v) is 24.4. The summed E-state index contributed by atoms with van der Waals surface area (Å²) in [5.41, 5.74) is 2.06. The van der Waals surface area contributed by atoms with Crippen molar-refractivity contribution >= 4 is 27.5 Å². The summed E-state index contributed by atoms with van der Waals surface area (Å²) in [6, 6.07) is 24.5. The average molecular weight is 566 g/mol. The predicted molar refractivity (Wildman–Crippen MR) is 159 cm³/mol. The van der Waals surface area contributed by atoms with Gasteiger partial charge in [0, 0.05) is 19.0 Å². The van der Waals surface area contributed by atoms with Gasteiger partial charge in [-0.15, -0.1) is 0 Å². The molecule has 0 saturated carbocycles. The van der Waals surface area contributed by atoms with Crippen LogP contribution >= 0.6 is 0 Å². The van der Waals surface area contributed by atoms with Gasteiger partial charge in [-0.25, -0.2) is 8.42 Å². The number of amides is 2. The van der Waals surface area contributed by atoms with Gasteiger partial charge in [0.2, 0.25) is 21.8 Å². The quantitative estimate of drug-likeness (QED) is 0.313. The monoisotopic (exact) mass is 565 g/mol. The van der Waals surface area contributed by atoms with Gasteiger partial charge in [-0.1, -0.05) is 67.6 Å². The molecule has 1 N–H and O–H groups in total. The third-order valence-corrected chi connectivity index (χ3v) is 7.72. The Bertz CT molecular complexity index is 1330. The number of benzene rings is 3. The summed E-state index contributed by atoms with van der Waals surface area (Å²) in [5, 5.41) is 3.03. The number of sulfonamides is 1. The molecular weight excluding hydrogens is 526 g/mol. The molecule has 0 aliphatic rings. The van der Waals surface area contributed by atoms with E-state index in [1.807, 2.05) is 81.4 Å². The Hall–Kier alpha value is -3.85. The van der Waals surface area contributed by atoms with E-state index in [9.17, 15) is 18.0 Å². The predicted octanol–water partition coefficient (Wildman–Crippen LogP) is 4.41. The van der Waals surface area contributed by atoms with Crippen LogP contribution in [0.3, 0.4) is 0 Å². The second-order valence-corrected chi connectivity index (χ2v) is 11.6. The van der Waals surface area contributed by atoms with Crippen molar-refractivity contribution in [1.29, 1.82) is 0 Å². The van der Waals surface area contributed by atoms with E-state index in [2.05, 4.69) is 5.32 Å². The fourth-order valence-electron chi connectivity index (χ4n) is 4.26. The first-order chi connectivity index (χ1) is 19.1. The molecule has 0 fully saturated rings. The Morgan fingerprint density at radius 2 is 1.45 bits per heavy atom. The zero-order valence-electron chi connectivity index (χ0n) is 23.6. The van der Waals surface area contributed by atoms with Gasteiger partial charge in [0.05, 0.1) is 18.6 Å². The Kier molecular flexibility index (Phi) is 11.1. The van der Waals surface area contributed by atoms with Crippen molar-refractivity contribution in [3.05, 3.63) is 96.1 Å². The Labute approximate surface area is 238 Å². The number of nitrogens with one attached hydrogen (secondary N) is 1. The maximum absolute atomic E-state index is 14.1. The second kappa shape index (κ2) is 14.5. The van der Waals surface area contributed by atoms with Gasteiger partial charge in [0.1, 0.15) is 18.3 Å². The molecule has 0 radical (unpaired) electrons. The van der Waals surface area contributed by atoms with Crippen LogP contribution in [-0.2, 0) is 32.6 Å². The third kappa shape index (κ3) is 8.84. The van der Waals surface area contributed by atoms with E-state index in [1.54, 1.807) is 24.3 Å². The molecule has 0 bridgehead atoms. The highest BCUT2D eigenvalue weighted by molar-refractivity contribution is 7.92. The smallest absolute Gasteiger partial charge is 0.244 e. The number of carbonyl (C=O) groups is 2. The summed E-state index contributed by atoms with van der Waals surface area (Å²) in [5.74, 6) is -0.167. The molecule has 2 atom stereocenters. The van der Waals surface area contributed by atoms with Crippen LogP contribution in [0.15, 0.2) is 84.9 Å². The highest BCUT2D eigenvalue weighted by Crippen LogP contribution is 2.23. The third-order valence-electron chi connectivity index (χ3n) is 6.58. The Balaban J connectivity index is 2.01. The Morgan fingerprint density at radius 3 is 1.98 bits per heavy atom. The molecule has 2 amide bonds. The first-order valence-electron chi connectivity index (χ1n) is 13.5. The Morgan fingerprint density at radius 1 is 0.875 bits per heavy atom.